The fraction of sp³-hybridized carbons (Fsp3) is 0.182. The summed E-state index contributed by atoms with van der Waals surface area (Å²) >= 11 is 1.34. The van der Waals surface area contributed by atoms with Crippen LogP contribution in [-0.4, -0.2) is 37.1 Å². The fourth-order valence-electron chi connectivity index (χ4n) is 1.05. The van der Waals surface area contributed by atoms with E-state index in [0.717, 1.165) is 5.01 Å². The number of aromatic nitrogens is 3. The van der Waals surface area contributed by atoms with Crippen LogP contribution in [0.15, 0.2) is 17.8 Å². The van der Waals surface area contributed by atoms with Crippen molar-refractivity contribution in [2.24, 2.45) is 0 Å². The predicted molar refractivity (Wildman–Crippen MR) is 67.8 cm³/mol. The van der Waals surface area contributed by atoms with Gasteiger partial charge in [0.25, 0.3) is 0 Å². The van der Waals surface area contributed by atoms with Crippen molar-refractivity contribution in [3.63, 3.8) is 0 Å². The molecule has 0 amide bonds. The van der Waals surface area contributed by atoms with E-state index in [-0.39, 0.29) is 5.69 Å². The Morgan fingerprint density at radius 1 is 1.09 bits per heavy atom. The highest BCUT2D eigenvalue weighted by Crippen LogP contribution is 2.26. The second-order valence-electron chi connectivity index (χ2n) is 3.65. The third-order valence-electron chi connectivity index (χ3n) is 2.00. The number of carbonyl (C=O) groups is 2. The van der Waals surface area contributed by atoms with Crippen molar-refractivity contribution >= 4 is 23.3 Å². The lowest BCUT2D eigenvalue weighted by Gasteiger charge is -2.03. The summed E-state index contributed by atoms with van der Waals surface area (Å²) in [6.07, 6.45) is -3.65. The van der Waals surface area contributed by atoms with Gasteiger partial charge in [-0.25, -0.2) is 24.5 Å². The van der Waals surface area contributed by atoms with Gasteiger partial charge in [0.2, 0.25) is 0 Å². The van der Waals surface area contributed by atoms with Crippen LogP contribution < -0.4 is 0 Å². The van der Waals surface area contributed by atoms with Gasteiger partial charge in [0.15, 0.2) is 17.1 Å². The number of hydrogen-bond acceptors (Lipinski definition) is 6. The number of aromatic carboxylic acids is 2. The van der Waals surface area contributed by atoms with Crippen molar-refractivity contribution in [2.75, 3.05) is 0 Å². The zero-order valence-electron chi connectivity index (χ0n) is 10.8. The SMILES string of the molecule is Cc1nc(C(=O)O)cs1.O=C(O)c1cnc(C(F)(F)F)cn1. The first-order chi connectivity index (χ1) is 10.1. The molecular weight excluding hydrogens is 327 g/mol. The average molecular weight is 335 g/mol. The minimum Gasteiger partial charge on any atom is -0.476 e. The molecule has 0 fully saturated rings. The van der Waals surface area contributed by atoms with E-state index in [1.54, 1.807) is 6.92 Å². The summed E-state index contributed by atoms with van der Waals surface area (Å²) in [4.78, 5) is 30.0. The topological polar surface area (TPSA) is 113 Å². The Bertz CT molecular complexity index is 670. The first-order valence-corrected chi connectivity index (χ1v) is 6.27. The van der Waals surface area contributed by atoms with E-state index >= 15 is 0 Å². The summed E-state index contributed by atoms with van der Waals surface area (Å²) in [6.45, 7) is 1.77. The van der Waals surface area contributed by atoms with Gasteiger partial charge in [-0.2, -0.15) is 13.2 Å². The molecule has 2 N–H and O–H groups in total. The molecule has 22 heavy (non-hydrogen) atoms. The first-order valence-electron chi connectivity index (χ1n) is 5.39. The Morgan fingerprint density at radius 3 is 1.95 bits per heavy atom. The molecular formula is C11H8F3N3O4S. The van der Waals surface area contributed by atoms with Crippen LogP contribution in [0.3, 0.4) is 0 Å². The zero-order valence-corrected chi connectivity index (χ0v) is 11.6. The molecule has 0 saturated heterocycles. The molecule has 0 aliphatic carbocycles. The van der Waals surface area contributed by atoms with Gasteiger partial charge in [-0.3, -0.25) is 0 Å². The third-order valence-corrected chi connectivity index (χ3v) is 2.77. The zero-order chi connectivity index (χ0) is 16.9. The van der Waals surface area contributed by atoms with Crippen LogP contribution in [0, 0.1) is 6.92 Å². The van der Waals surface area contributed by atoms with Crippen molar-refractivity contribution < 1.29 is 33.0 Å². The molecule has 7 nitrogen and oxygen atoms in total. The smallest absolute Gasteiger partial charge is 0.434 e. The number of carboxylic acids is 2. The molecule has 118 valence electrons. The Hall–Kier alpha value is -2.56. The first kappa shape index (κ1) is 17.5. The summed E-state index contributed by atoms with van der Waals surface area (Å²) < 4.78 is 35.6. The van der Waals surface area contributed by atoms with Crippen LogP contribution in [0.1, 0.15) is 31.7 Å². The maximum Gasteiger partial charge on any atom is 0.434 e. The van der Waals surface area contributed by atoms with Gasteiger partial charge in [0.1, 0.15) is 0 Å². The second-order valence-corrected chi connectivity index (χ2v) is 4.71. The lowest BCUT2D eigenvalue weighted by Crippen LogP contribution is -2.10. The third kappa shape index (κ3) is 5.09. The van der Waals surface area contributed by atoms with Crippen LogP contribution in [-0.2, 0) is 6.18 Å². The van der Waals surface area contributed by atoms with E-state index in [4.69, 9.17) is 10.2 Å². The molecule has 0 atom stereocenters. The molecule has 2 aromatic rings. The number of carboxylic acid groups (broad SMARTS) is 2. The fourth-order valence-corrected chi connectivity index (χ4v) is 1.63. The Kier molecular flexibility index (Phi) is 5.51. The molecule has 0 unspecified atom stereocenters. The molecule has 0 aliphatic heterocycles. The van der Waals surface area contributed by atoms with Gasteiger partial charge in [-0.1, -0.05) is 0 Å². The summed E-state index contributed by atoms with van der Waals surface area (Å²) in [5.74, 6) is -2.37. The standard InChI is InChI=1S/C6H3F3N2O2.C5H5NO2S/c7-6(8,9)4-2-10-3(1-11-4)5(12)13;1-3-6-4(2-9-3)5(7)8/h1-2H,(H,12,13);2H,1H3,(H,7,8). The molecule has 0 spiro atoms. The lowest BCUT2D eigenvalue weighted by atomic mass is 10.4. The van der Waals surface area contributed by atoms with Crippen molar-refractivity contribution in [3.05, 3.63) is 39.9 Å². The van der Waals surface area contributed by atoms with Crippen LogP contribution in [0.4, 0.5) is 13.2 Å². The van der Waals surface area contributed by atoms with Crippen LogP contribution >= 0.6 is 11.3 Å². The van der Waals surface area contributed by atoms with Gasteiger partial charge < -0.3 is 10.2 Å². The number of thiazole rings is 1. The van der Waals surface area contributed by atoms with Crippen molar-refractivity contribution in [2.45, 2.75) is 13.1 Å². The summed E-state index contributed by atoms with van der Waals surface area (Å²) in [6, 6.07) is 0. The Morgan fingerprint density at radius 2 is 1.68 bits per heavy atom. The Labute approximate surface area is 125 Å². The molecule has 0 radical (unpaired) electrons. The quantitative estimate of drug-likeness (QED) is 0.866. The van der Waals surface area contributed by atoms with Crippen LogP contribution in [0.5, 0.6) is 0 Å². The highest BCUT2D eigenvalue weighted by atomic mass is 32.1. The number of halogens is 3. The minimum atomic E-state index is -4.59. The van der Waals surface area contributed by atoms with E-state index in [9.17, 15) is 22.8 Å². The molecule has 0 saturated carbocycles. The predicted octanol–water partition coefficient (Wildman–Crippen LogP) is 2.34. The maximum absolute atomic E-state index is 11.9. The minimum absolute atomic E-state index is 0.137. The number of alkyl halides is 3. The highest BCUT2D eigenvalue weighted by Gasteiger charge is 2.32. The summed E-state index contributed by atoms with van der Waals surface area (Å²) in [5, 5.41) is 18.9. The second kappa shape index (κ2) is 6.93. The average Bonchev–Trinajstić information content (AvgIpc) is 2.85. The maximum atomic E-state index is 11.9. The number of hydrogen-bond donors (Lipinski definition) is 2. The molecule has 0 aromatic carbocycles. The van der Waals surface area contributed by atoms with Crippen molar-refractivity contribution in [3.8, 4) is 0 Å². The van der Waals surface area contributed by atoms with Gasteiger partial charge >= 0.3 is 18.1 Å². The molecule has 2 heterocycles. The number of nitrogens with zero attached hydrogens (tertiary/aromatic N) is 3. The van der Waals surface area contributed by atoms with E-state index in [2.05, 4.69) is 15.0 Å². The van der Waals surface area contributed by atoms with Crippen molar-refractivity contribution in [1.82, 2.24) is 15.0 Å². The van der Waals surface area contributed by atoms with Gasteiger partial charge in [0.05, 0.1) is 17.4 Å². The monoisotopic (exact) mass is 335 g/mol. The largest absolute Gasteiger partial charge is 0.476 e. The molecule has 2 rings (SSSR count). The highest BCUT2D eigenvalue weighted by molar-refractivity contribution is 7.09. The van der Waals surface area contributed by atoms with Gasteiger partial charge in [0, 0.05) is 5.38 Å². The number of rotatable bonds is 2. The molecule has 2 aromatic heterocycles. The van der Waals surface area contributed by atoms with Crippen LogP contribution in [0.25, 0.3) is 0 Å². The normalized spacial score (nSPS) is 10.5. The van der Waals surface area contributed by atoms with E-state index < -0.39 is 29.5 Å². The molecule has 11 heteroatoms. The van der Waals surface area contributed by atoms with E-state index in [1.165, 1.54) is 16.7 Å². The molecule has 0 bridgehead atoms. The van der Waals surface area contributed by atoms with Gasteiger partial charge in [-0.15, -0.1) is 11.3 Å². The lowest BCUT2D eigenvalue weighted by molar-refractivity contribution is -0.141. The summed E-state index contributed by atoms with van der Waals surface area (Å²) in [5.41, 5.74) is -1.59. The number of aryl methyl sites for hydroxylation is 1. The molecule has 0 aliphatic rings. The van der Waals surface area contributed by atoms with Crippen LogP contribution in [0.2, 0.25) is 0 Å². The van der Waals surface area contributed by atoms with E-state index in [1.807, 2.05) is 0 Å². The summed E-state index contributed by atoms with van der Waals surface area (Å²) in [7, 11) is 0. The Balaban J connectivity index is 0.000000235. The van der Waals surface area contributed by atoms with Gasteiger partial charge in [-0.05, 0) is 6.92 Å². The van der Waals surface area contributed by atoms with Crippen molar-refractivity contribution in [1.29, 1.82) is 0 Å². The van der Waals surface area contributed by atoms with E-state index in [0.29, 0.717) is 12.4 Å².